The van der Waals surface area contributed by atoms with Crippen LogP contribution in [-0.2, 0) is 14.3 Å². The Bertz CT molecular complexity index is 946. The minimum Gasteiger partial charge on any atom is -0.481 e. The molecule has 0 radical (unpaired) electrons. The number of carboxylic acid groups (broad SMARTS) is 1. The number of hydrogen-bond donors (Lipinski definition) is 3. The van der Waals surface area contributed by atoms with Crippen LogP contribution in [-0.4, -0.2) is 67.3 Å². The van der Waals surface area contributed by atoms with Gasteiger partial charge in [0, 0.05) is 18.5 Å². The normalized spacial score (nSPS) is 14.2. The Hall–Kier alpha value is -3.39. The van der Waals surface area contributed by atoms with Gasteiger partial charge in [0.2, 0.25) is 5.91 Å². The molecule has 3 rings (SSSR count). The molecule has 0 heterocycles. The molecule has 2 atom stereocenters. The van der Waals surface area contributed by atoms with Gasteiger partial charge in [0.05, 0.1) is 6.42 Å². The molecule has 3 N–H and O–H groups in total. The number of nitrogens with one attached hydrogen (secondary N) is 2. The van der Waals surface area contributed by atoms with E-state index in [0.29, 0.717) is 0 Å². The van der Waals surface area contributed by atoms with Gasteiger partial charge in [-0.25, -0.2) is 4.79 Å². The number of carbonyl (C=O) groups excluding carboxylic acids is 2. The van der Waals surface area contributed by atoms with E-state index in [0.717, 1.165) is 22.3 Å². The fraction of sp³-hybridized carbons (Fsp3) is 0.375. The fourth-order valence-corrected chi connectivity index (χ4v) is 4.00. The van der Waals surface area contributed by atoms with Gasteiger partial charge in [0.25, 0.3) is 0 Å². The van der Waals surface area contributed by atoms with Gasteiger partial charge < -0.3 is 25.4 Å². The van der Waals surface area contributed by atoms with E-state index in [9.17, 15) is 14.4 Å². The van der Waals surface area contributed by atoms with E-state index in [1.165, 1.54) is 0 Å². The van der Waals surface area contributed by atoms with Crippen molar-refractivity contribution in [1.82, 2.24) is 15.5 Å². The monoisotopic (exact) mass is 439 g/mol. The zero-order valence-corrected chi connectivity index (χ0v) is 18.5. The lowest BCUT2D eigenvalue weighted by atomic mass is 9.98. The standard InChI is InChI=1S/C24H29N3O5/c1-15(12-22(28)29)25-23(30)21(13-27(2)3)26-24(31)32-14-20-18-10-6-4-8-16(18)17-9-5-7-11-19(17)20/h4-11,15,20-21H,12-14H2,1-3H3,(H,25,30)(H,26,31)(H,28,29). The highest BCUT2D eigenvalue weighted by atomic mass is 16.5. The molecule has 1 aliphatic carbocycles. The summed E-state index contributed by atoms with van der Waals surface area (Å²) in [5.74, 6) is -1.54. The molecule has 0 saturated heterocycles. The van der Waals surface area contributed by atoms with Gasteiger partial charge in [-0.3, -0.25) is 9.59 Å². The Kier molecular flexibility index (Phi) is 7.48. The molecule has 2 amide bonds. The highest BCUT2D eigenvalue weighted by Gasteiger charge is 2.30. The second-order valence-corrected chi connectivity index (χ2v) is 8.29. The number of carbonyl (C=O) groups is 3. The van der Waals surface area contributed by atoms with Gasteiger partial charge in [-0.05, 0) is 43.3 Å². The van der Waals surface area contributed by atoms with Gasteiger partial charge in [0.1, 0.15) is 12.6 Å². The number of likely N-dealkylation sites (N-methyl/N-ethyl adjacent to an activating group) is 1. The molecule has 0 aromatic heterocycles. The van der Waals surface area contributed by atoms with E-state index in [1.54, 1.807) is 25.9 Å². The van der Waals surface area contributed by atoms with Crippen LogP contribution >= 0.6 is 0 Å². The van der Waals surface area contributed by atoms with Crippen LogP contribution in [0.2, 0.25) is 0 Å². The maximum absolute atomic E-state index is 12.6. The first-order valence-corrected chi connectivity index (χ1v) is 10.5. The lowest BCUT2D eigenvalue weighted by molar-refractivity contribution is -0.137. The summed E-state index contributed by atoms with van der Waals surface area (Å²) in [6.07, 6.45) is -0.898. The molecule has 2 aromatic rings. The summed E-state index contributed by atoms with van der Waals surface area (Å²) >= 11 is 0. The molecule has 0 spiro atoms. The second kappa shape index (κ2) is 10.3. The van der Waals surface area contributed by atoms with Crippen molar-refractivity contribution in [3.8, 4) is 11.1 Å². The summed E-state index contributed by atoms with van der Waals surface area (Å²) in [4.78, 5) is 37.8. The van der Waals surface area contributed by atoms with Crippen LogP contribution < -0.4 is 10.6 Å². The summed E-state index contributed by atoms with van der Waals surface area (Å²) < 4.78 is 5.53. The number of ether oxygens (including phenoxy) is 1. The number of amides is 2. The molecule has 0 fully saturated rings. The summed E-state index contributed by atoms with van der Waals surface area (Å²) in [5, 5.41) is 14.1. The first-order valence-electron chi connectivity index (χ1n) is 10.5. The number of nitrogens with zero attached hydrogens (tertiary/aromatic N) is 1. The van der Waals surface area contributed by atoms with Crippen molar-refractivity contribution in [3.05, 3.63) is 59.7 Å². The molecular weight excluding hydrogens is 410 g/mol. The summed E-state index contributed by atoms with van der Waals surface area (Å²) in [5.41, 5.74) is 4.47. The molecule has 0 aliphatic heterocycles. The molecule has 0 saturated carbocycles. The van der Waals surface area contributed by atoms with Gasteiger partial charge in [-0.1, -0.05) is 48.5 Å². The molecule has 8 nitrogen and oxygen atoms in total. The van der Waals surface area contributed by atoms with E-state index in [2.05, 4.69) is 22.8 Å². The number of fused-ring (bicyclic) bond motifs is 3. The van der Waals surface area contributed by atoms with Crippen molar-refractivity contribution in [2.24, 2.45) is 0 Å². The Morgan fingerprint density at radius 3 is 2.09 bits per heavy atom. The molecule has 0 bridgehead atoms. The van der Waals surface area contributed by atoms with Gasteiger partial charge >= 0.3 is 12.1 Å². The Morgan fingerprint density at radius 2 is 1.56 bits per heavy atom. The molecule has 170 valence electrons. The first-order chi connectivity index (χ1) is 15.3. The van der Waals surface area contributed by atoms with Gasteiger partial charge in [-0.15, -0.1) is 0 Å². The van der Waals surface area contributed by atoms with Gasteiger partial charge in [0.15, 0.2) is 0 Å². The smallest absolute Gasteiger partial charge is 0.407 e. The number of benzene rings is 2. The Labute approximate surface area is 187 Å². The molecule has 8 heteroatoms. The van der Waals surface area contributed by atoms with E-state index in [4.69, 9.17) is 9.84 Å². The lowest BCUT2D eigenvalue weighted by Gasteiger charge is -2.23. The summed E-state index contributed by atoms with van der Waals surface area (Å²) in [6, 6.07) is 14.7. The summed E-state index contributed by atoms with van der Waals surface area (Å²) in [7, 11) is 3.56. The van der Waals surface area contributed by atoms with E-state index in [1.807, 2.05) is 36.4 Å². The SMILES string of the molecule is CC(CC(=O)O)NC(=O)C(CN(C)C)NC(=O)OCC1c2ccccc2-c2ccccc21. The largest absolute Gasteiger partial charge is 0.481 e. The van der Waals surface area contributed by atoms with E-state index in [-0.39, 0.29) is 25.5 Å². The number of hydrogen-bond acceptors (Lipinski definition) is 5. The van der Waals surface area contributed by atoms with Crippen LogP contribution in [0.15, 0.2) is 48.5 Å². The van der Waals surface area contributed by atoms with Crippen LogP contribution in [0, 0.1) is 0 Å². The third-order valence-corrected chi connectivity index (χ3v) is 5.37. The predicted molar refractivity (Wildman–Crippen MR) is 120 cm³/mol. The lowest BCUT2D eigenvalue weighted by Crippen LogP contribution is -2.53. The zero-order chi connectivity index (χ0) is 23.3. The molecular formula is C24H29N3O5. The number of rotatable bonds is 9. The van der Waals surface area contributed by atoms with Crippen LogP contribution in [0.4, 0.5) is 4.79 Å². The third-order valence-electron chi connectivity index (χ3n) is 5.37. The maximum Gasteiger partial charge on any atom is 0.407 e. The predicted octanol–water partition coefficient (Wildman–Crippen LogP) is 2.43. The van der Waals surface area contributed by atoms with Crippen LogP contribution in [0.25, 0.3) is 11.1 Å². The topological polar surface area (TPSA) is 108 Å². The first kappa shape index (κ1) is 23.3. The van der Waals surface area contributed by atoms with Crippen molar-refractivity contribution in [2.45, 2.75) is 31.3 Å². The van der Waals surface area contributed by atoms with Crippen molar-refractivity contribution in [1.29, 1.82) is 0 Å². The molecule has 32 heavy (non-hydrogen) atoms. The number of aliphatic carboxylic acids is 1. The summed E-state index contributed by atoms with van der Waals surface area (Å²) in [6.45, 7) is 1.99. The minimum absolute atomic E-state index is 0.0788. The number of carboxylic acids is 1. The van der Waals surface area contributed by atoms with Crippen molar-refractivity contribution in [2.75, 3.05) is 27.2 Å². The average Bonchev–Trinajstić information content (AvgIpc) is 3.04. The molecule has 2 unspecified atom stereocenters. The van der Waals surface area contributed by atoms with Gasteiger partial charge in [-0.2, -0.15) is 0 Å². The van der Waals surface area contributed by atoms with Crippen LogP contribution in [0.3, 0.4) is 0 Å². The quantitative estimate of drug-likeness (QED) is 0.554. The van der Waals surface area contributed by atoms with E-state index < -0.39 is 30.1 Å². The minimum atomic E-state index is -1.01. The Balaban J connectivity index is 1.64. The highest BCUT2D eigenvalue weighted by molar-refractivity contribution is 5.86. The van der Waals surface area contributed by atoms with Crippen molar-refractivity contribution < 1.29 is 24.2 Å². The van der Waals surface area contributed by atoms with Crippen molar-refractivity contribution >= 4 is 18.0 Å². The third kappa shape index (κ3) is 5.64. The second-order valence-electron chi connectivity index (χ2n) is 8.29. The average molecular weight is 440 g/mol. The zero-order valence-electron chi connectivity index (χ0n) is 18.5. The van der Waals surface area contributed by atoms with Crippen LogP contribution in [0.5, 0.6) is 0 Å². The van der Waals surface area contributed by atoms with Crippen LogP contribution in [0.1, 0.15) is 30.4 Å². The molecule has 2 aromatic carbocycles. The maximum atomic E-state index is 12.6. The highest BCUT2D eigenvalue weighted by Crippen LogP contribution is 2.44. The van der Waals surface area contributed by atoms with E-state index >= 15 is 0 Å². The Morgan fingerprint density at radius 1 is 1.00 bits per heavy atom. The fourth-order valence-electron chi connectivity index (χ4n) is 4.00. The molecule has 1 aliphatic rings. The van der Waals surface area contributed by atoms with Crippen molar-refractivity contribution in [3.63, 3.8) is 0 Å². The number of alkyl carbamates (subject to hydrolysis) is 1.